The van der Waals surface area contributed by atoms with Crippen LogP contribution < -0.4 is 10.1 Å². The summed E-state index contributed by atoms with van der Waals surface area (Å²) < 4.78 is 82.1. The molecule has 0 bridgehead atoms. The van der Waals surface area contributed by atoms with Crippen molar-refractivity contribution in [1.29, 1.82) is 0 Å². The summed E-state index contributed by atoms with van der Waals surface area (Å²) in [7, 11) is 1.20. The van der Waals surface area contributed by atoms with Gasteiger partial charge in [-0.2, -0.15) is 26.3 Å². The van der Waals surface area contributed by atoms with Crippen molar-refractivity contribution in [3.8, 4) is 5.75 Å². The standard InChI is InChI=1S/C16H10F6N2O4/c1-28-11-2-3-13(24(26)27)12(7-11)14(25)23-10-5-8(15(17,18)19)4-9(6-10)16(20,21)22/h2-7H,1H3,(H,23,25). The first-order chi connectivity index (χ1) is 12.8. The summed E-state index contributed by atoms with van der Waals surface area (Å²) in [6.07, 6.45) is -10.2. The van der Waals surface area contributed by atoms with Gasteiger partial charge in [0.15, 0.2) is 0 Å². The quantitative estimate of drug-likeness (QED) is 0.444. The number of halogens is 6. The second-order valence-electron chi connectivity index (χ2n) is 5.39. The van der Waals surface area contributed by atoms with Gasteiger partial charge in [-0.1, -0.05) is 0 Å². The number of rotatable bonds is 4. The second-order valence-corrected chi connectivity index (χ2v) is 5.39. The number of alkyl halides is 6. The number of hydrogen-bond acceptors (Lipinski definition) is 4. The van der Waals surface area contributed by atoms with E-state index in [1.165, 1.54) is 13.2 Å². The number of carbonyl (C=O) groups is 1. The Kier molecular flexibility index (Phi) is 5.52. The molecule has 0 aliphatic heterocycles. The fourth-order valence-corrected chi connectivity index (χ4v) is 2.21. The SMILES string of the molecule is COc1ccc([N+](=O)[O-])c(C(=O)Nc2cc(C(F)(F)F)cc(C(F)(F)F)c2)c1. The first kappa shape index (κ1) is 21.0. The van der Waals surface area contributed by atoms with Crippen LogP contribution in [0.2, 0.25) is 0 Å². The lowest BCUT2D eigenvalue weighted by atomic mass is 10.1. The average molecular weight is 408 g/mol. The molecule has 0 unspecified atom stereocenters. The van der Waals surface area contributed by atoms with Crippen molar-refractivity contribution in [2.75, 3.05) is 12.4 Å². The minimum atomic E-state index is -5.11. The Morgan fingerprint density at radius 2 is 1.54 bits per heavy atom. The minimum absolute atomic E-state index is 0.0239. The molecule has 2 aromatic carbocycles. The van der Waals surface area contributed by atoms with Gasteiger partial charge < -0.3 is 10.1 Å². The second kappa shape index (κ2) is 7.37. The van der Waals surface area contributed by atoms with Gasteiger partial charge in [0.05, 0.1) is 23.2 Å². The molecular weight excluding hydrogens is 398 g/mol. The predicted octanol–water partition coefficient (Wildman–Crippen LogP) is 4.89. The van der Waals surface area contributed by atoms with Gasteiger partial charge in [-0.15, -0.1) is 0 Å². The Hall–Kier alpha value is -3.31. The van der Waals surface area contributed by atoms with E-state index >= 15 is 0 Å². The Morgan fingerprint density at radius 1 is 1.00 bits per heavy atom. The zero-order valence-corrected chi connectivity index (χ0v) is 13.8. The van der Waals surface area contributed by atoms with Crippen LogP contribution in [-0.4, -0.2) is 17.9 Å². The molecule has 12 heteroatoms. The Bertz CT molecular complexity index is 892. The van der Waals surface area contributed by atoms with Crippen LogP contribution in [0.3, 0.4) is 0 Å². The zero-order chi connectivity index (χ0) is 21.3. The summed E-state index contributed by atoms with van der Waals surface area (Å²) in [6, 6.07) is 3.50. The highest BCUT2D eigenvalue weighted by Crippen LogP contribution is 2.37. The largest absolute Gasteiger partial charge is 0.497 e. The fraction of sp³-hybridized carbons (Fsp3) is 0.188. The van der Waals surface area contributed by atoms with Crippen molar-refractivity contribution < 1.29 is 40.8 Å². The molecule has 0 aliphatic rings. The Balaban J connectivity index is 2.51. The predicted molar refractivity (Wildman–Crippen MR) is 84.0 cm³/mol. The molecule has 0 aromatic heterocycles. The number of hydrogen-bond donors (Lipinski definition) is 1. The topological polar surface area (TPSA) is 81.5 Å². The molecule has 0 aliphatic carbocycles. The molecule has 150 valence electrons. The number of amides is 1. The molecule has 1 amide bonds. The highest BCUT2D eigenvalue weighted by molar-refractivity contribution is 6.07. The van der Waals surface area contributed by atoms with Crippen LogP contribution in [-0.2, 0) is 12.4 Å². The van der Waals surface area contributed by atoms with Gasteiger partial charge in [0, 0.05) is 11.8 Å². The third kappa shape index (κ3) is 4.69. The molecular formula is C16H10F6N2O4. The molecule has 2 aromatic rings. The zero-order valence-electron chi connectivity index (χ0n) is 13.8. The molecule has 0 saturated carbocycles. The highest BCUT2D eigenvalue weighted by Gasteiger charge is 2.37. The van der Waals surface area contributed by atoms with E-state index in [2.05, 4.69) is 0 Å². The van der Waals surface area contributed by atoms with Crippen LogP contribution in [0.1, 0.15) is 21.5 Å². The molecule has 2 rings (SSSR count). The molecule has 6 nitrogen and oxygen atoms in total. The van der Waals surface area contributed by atoms with Gasteiger partial charge in [0.1, 0.15) is 11.3 Å². The number of anilines is 1. The van der Waals surface area contributed by atoms with E-state index < -0.39 is 51.2 Å². The van der Waals surface area contributed by atoms with E-state index in [0.717, 1.165) is 12.1 Å². The summed E-state index contributed by atoms with van der Waals surface area (Å²) in [5.74, 6) is -1.26. The van der Waals surface area contributed by atoms with Crippen LogP contribution in [0.15, 0.2) is 36.4 Å². The molecule has 0 saturated heterocycles. The summed E-state index contributed by atoms with van der Waals surface area (Å²) in [6.45, 7) is 0. The minimum Gasteiger partial charge on any atom is -0.497 e. The molecule has 0 heterocycles. The van der Waals surface area contributed by atoms with Gasteiger partial charge >= 0.3 is 12.4 Å². The van der Waals surface area contributed by atoms with Crippen molar-refractivity contribution in [3.63, 3.8) is 0 Å². The van der Waals surface area contributed by atoms with E-state index in [-0.39, 0.29) is 11.8 Å². The third-order valence-electron chi connectivity index (χ3n) is 3.49. The van der Waals surface area contributed by atoms with Crippen LogP contribution in [0.4, 0.5) is 37.7 Å². The van der Waals surface area contributed by atoms with Gasteiger partial charge in [0.25, 0.3) is 11.6 Å². The van der Waals surface area contributed by atoms with Crippen LogP contribution >= 0.6 is 0 Å². The molecule has 0 fully saturated rings. The maximum absolute atomic E-state index is 12.9. The van der Waals surface area contributed by atoms with Crippen LogP contribution in [0.25, 0.3) is 0 Å². The number of benzene rings is 2. The summed E-state index contributed by atoms with van der Waals surface area (Å²) >= 11 is 0. The van der Waals surface area contributed by atoms with Crippen molar-refractivity contribution in [2.24, 2.45) is 0 Å². The third-order valence-corrected chi connectivity index (χ3v) is 3.49. The number of nitro benzene ring substituents is 1. The van der Waals surface area contributed by atoms with Gasteiger partial charge in [-0.05, 0) is 30.3 Å². The first-order valence-corrected chi connectivity index (χ1v) is 7.26. The van der Waals surface area contributed by atoms with Crippen LogP contribution in [0, 0.1) is 10.1 Å². The Morgan fingerprint density at radius 3 is 1.96 bits per heavy atom. The van der Waals surface area contributed by atoms with Crippen molar-refractivity contribution in [2.45, 2.75) is 12.4 Å². The molecule has 28 heavy (non-hydrogen) atoms. The maximum Gasteiger partial charge on any atom is 0.416 e. The fourth-order valence-electron chi connectivity index (χ4n) is 2.21. The van der Waals surface area contributed by atoms with Crippen LogP contribution in [0.5, 0.6) is 5.75 Å². The first-order valence-electron chi connectivity index (χ1n) is 7.26. The van der Waals surface area contributed by atoms with Gasteiger partial charge in [-0.3, -0.25) is 14.9 Å². The monoisotopic (exact) mass is 408 g/mol. The smallest absolute Gasteiger partial charge is 0.416 e. The van der Waals surface area contributed by atoms with E-state index in [9.17, 15) is 41.3 Å². The van der Waals surface area contributed by atoms with E-state index in [1.807, 2.05) is 5.32 Å². The number of carbonyl (C=O) groups excluding carboxylic acids is 1. The summed E-state index contributed by atoms with van der Waals surface area (Å²) in [5, 5.41) is 12.9. The number of nitro groups is 1. The van der Waals surface area contributed by atoms with Crippen molar-refractivity contribution in [1.82, 2.24) is 0 Å². The molecule has 0 radical (unpaired) electrons. The maximum atomic E-state index is 12.9. The normalized spacial score (nSPS) is 11.8. The van der Waals surface area contributed by atoms with Crippen molar-refractivity contribution >= 4 is 17.3 Å². The number of methoxy groups -OCH3 is 1. The lowest BCUT2D eigenvalue weighted by Gasteiger charge is -2.15. The summed E-state index contributed by atoms with van der Waals surface area (Å²) in [4.78, 5) is 22.4. The average Bonchev–Trinajstić information content (AvgIpc) is 2.59. The molecule has 1 N–H and O–H groups in total. The Labute approximate surface area is 152 Å². The van der Waals surface area contributed by atoms with Gasteiger partial charge in [0.2, 0.25) is 0 Å². The number of nitrogens with zero attached hydrogens (tertiary/aromatic N) is 1. The molecule has 0 spiro atoms. The molecule has 0 atom stereocenters. The number of ether oxygens (including phenoxy) is 1. The van der Waals surface area contributed by atoms with Gasteiger partial charge in [-0.25, -0.2) is 0 Å². The lowest BCUT2D eigenvalue weighted by molar-refractivity contribution is -0.385. The highest BCUT2D eigenvalue weighted by atomic mass is 19.4. The summed E-state index contributed by atoms with van der Waals surface area (Å²) in [5.41, 5.74) is -5.42. The lowest BCUT2D eigenvalue weighted by Crippen LogP contribution is -2.17. The van der Waals surface area contributed by atoms with E-state index in [0.29, 0.717) is 12.1 Å². The van der Waals surface area contributed by atoms with Crippen molar-refractivity contribution in [3.05, 3.63) is 63.2 Å². The van der Waals surface area contributed by atoms with E-state index in [4.69, 9.17) is 4.74 Å². The van der Waals surface area contributed by atoms with E-state index in [1.54, 1.807) is 0 Å². The number of nitrogens with one attached hydrogen (secondary N) is 1.